The summed E-state index contributed by atoms with van der Waals surface area (Å²) in [6.07, 6.45) is 4.72. The van der Waals surface area contributed by atoms with Crippen molar-refractivity contribution in [3.8, 4) is 11.5 Å². The molecule has 0 fully saturated rings. The predicted molar refractivity (Wildman–Crippen MR) is 79.1 cm³/mol. The van der Waals surface area contributed by atoms with Crippen molar-refractivity contribution < 1.29 is 18.7 Å². The Balaban J connectivity index is 1.97. The Labute approximate surface area is 123 Å². The molecule has 5 nitrogen and oxygen atoms in total. The molecule has 5 heteroatoms. The average molecular weight is 287 g/mol. The third-order valence-electron chi connectivity index (χ3n) is 2.82. The number of amides is 1. The second kappa shape index (κ2) is 7.19. The lowest BCUT2D eigenvalue weighted by Crippen LogP contribution is -2.19. The van der Waals surface area contributed by atoms with E-state index in [1.54, 1.807) is 44.8 Å². The molecule has 21 heavy (non-hydrogen) atoms. The topological polar surface area (TPSA) is 60.7 Å². The molecule has 0 aliphatic heterocycles. The van der Waals surface area contributed by atoms with Crippen LogP contribution >= 0.6 is 0 Å². The van der Waals surface area contributed by atoms with Crippen molar-refractivity contribution in [2.24, 2.45) is 0 Å². The molecule has 0 saturated heterocycles. The molecule has 1 aromatic heterocycles. The normalized spacial score (nSPS) is 10.6. The van der Waals surface area contributed by atoms with Gasteiger partial charge in [-0.15, -0.1) is 0 Å². The van der Waals surface area contributed by atoms with Crippen LogP contribution in [-0.4, -0.2) is 20.1 Å². The highest BCUT2D eigenvalue weighted by Crippen LogP contribution is 2.23. The van der Waals surface area contributed by atoms with Crippen LogP contribution in [0, 0.1) is 0 Å². The molecule has 1 amide bonds. The Morgan fingerprint density at radius 3 is 2.52 bits per heavy atom. The standard InChI is InChI=1S/C16H17NO4/c1-19-14-8-12(9-15(10-14)20-2)5-6-16(18)17-11-13-4-3-7-21-13/h3-10H,11H2,1-2H3,(H,17,18)/b6-5+. The Morgan fingerprint density at radius 1 is 1.24 bits per heavy atom. The van der Waals surface area contributed by atoms with Gasteiger partial charge in [-0.2, -0.15) is 0 Å². The highest BCUT2D eigenvalue weighted by atomic mass is 16.5. The van der Waals surface area contributed by atoms with Crippen LogP contribution in [0.3, 0.4) is 0 Å². The van der Waals surface area contributed by atoms with E-state index in [4.69, 9.17) is 13.9 Å². The third kappa shape index (κ3) is 4.42. The number of carbonyl (C=O) groups is 1. The first-order chi connectivity index (χ1) is 10.2. The number of hydrogen-bond donors (Lipinski definition) is 1. The summed E-state index contributed by atoms with van der Waals surface area (Å²) in [4.78, 5) is 11.7. The van der Waals surface area contributed by atoms with Crippen molar-refractivity contribution in [1.29, 1.82) is 0 Å². The third-order valence-corrected chi connectivity index (χ3v) is 2.82. The number of carbonyl (C=O) groups excluding carboxylic acids is 1. The van der Waals surface area contributed by atoms with Crippen LogP contribution in [0.4, 0.5) is 0 Å². The van der Waals surface area contributed by atoms with Crippen LogP contribution in [0.2, 0.25) is 0 Å². The molecule has 0 bridgehead atoms. The van der Waals surface area contributed by atoms with E-state index in [0.29, 0.717) is 23.8 Å². The van der Waals surface area contributed by atoms with Gasteiger partial charge in [0.05, 0.1) is 27.0 Å². The van der Waals surface area contributed by atoms with Gasteiger partial charge in [0.15, 0.2) is 0 Å². The van der Waals surface area contributed by atoms with Crippen molar-refractivity contribution in [1.82, 2.24) is 5.32 Å². The van der Waals surface area contributed by atoms with Gasteiger partial charge in [0.1, 0.15) is 17.3 Å². The summed E-state index contributed by atoms with van der Waals surface area (Å²) in [6, 6.07) is 8.99. The van der Waals surface area contributed by atoms with E-state index >= 15 is 0 Å². The van der Waals surface area contributed by atoms with Crippen molar-refractivity contribution in [3.05, 3.63) is 54.0 Å². The van der Waals surface area contributed by atoms with Crippen LogP contribution in [0.1, 0.15) is 11.3 Å². The van der Waals surface area contributed by atoms with Crippen LogP contribution in [0.25, 0.3) is 6.08 Å². The van der Waals surface area contributed by atoms with Gasteiger partial charge in [0.25, 0.3) is 0 Å². The van der Waals surface area contributed by atoms with Gasteiger partial charge in [-0.3, -0.25) is 4.79 Å². The molecule has 0 saturated carbocycles. The van der Waals surface area contributed by atoms with E-state index in [9.17, 15) is 4.79 Å². The fourth-order valence-corrected chi connectivity index (χ4v) is 1.74. The molecule has 2 rings (SSSR count). The molecule has 0 atom stereocenters. The minimum Gasteiger partial charge on any atom is -0.497 e. The fraction of sp³-hybridized carbons (Fsp3) is 0.188. The summed E-state index contributed by atoms with van der Waals surface area (Å²) >= 11 is 0. The molecule has 0 radical (unpaired) electrons. The quantitative estimate of drug-likeness (QED) is 0.830. The first-order valence-electron chi connectivity index (χ1n) is 6.42. The Morgan fingerprint density at radius 2 is 1.95 bits per heavy atom. The molecule has 0 aliphatic carbocycles. The van der Waals surface area contributed by atoms with Gasteiger partial charge in [-0.25, -0.2) is 0 Å². The maximum atomic E-state index is 11.7. The molecule has 0 spiro atoms. The number of furan rings is 1. The highest BCUT2D eigenvalue weighted by Gasteiger charge is 2.01. The van der Waals surface area contributed by atoms with Crippen molar-refractivity contribution in [2.75, 3.05) is 14.2 Å². The number of benzene rings is 1. The summed E-state index contributed by atoms with van der Waals surface area (Å²) in [5, 5.41) is 2.73. The largest absolute Gasteiger partial charge is 0.497 e. The van der Waals surface area contributed by atoms with Crippen LogP contribution < -0.4 is 14.8 Å². The molecule has 110 valence electrons. The van der Waals surface area contributed by atoms with E-state index in [-0.39, 0.29) is 5.91 Å². The number of methoxy groups -OCH3 is 2. The first kappa shape index (κ1) is 14.7. The SMILES string of the molecule is COc1cc(/C=C/C(=O)NCc2ccco2)cc(OC)c1. The van der Waals surface area contributed by atoms with Crippen LogP contribution in [0.5, 0.6) is 11.5 Å². The van der Waals surface area contributed by atoms with Gasteiger partial charge < -0.3 is 19.2 Å². The lowest BCUT2D eigenvalue weighted by Gasteiger charge is -2.05. The minimum atomic E-state index is -0.201. The summed E-state index contributed by atoms with van der Waals surface area (Å²) < 4.78 is 15.5. The second-order valence-corrected chi connectivity index (χ2v) is 4.28. The number of hydrogen-bond acceptors (Lipinski definition) is 4. The predicted octanol–water partition coefficient (Wildman–Crippen LogP) is 2.63. The maximum absolute atomic E-state index is 11.7. The van der Waals surface area contributed by atoms with Gasteiger partial charge >= 0.3 is 0 Å². The molecule has 1 heterocycles. The fourth-order valence-electron chi connectivity index (χ4n) is 1.74. The van der Waals surface area contributed by atoms with Crippen LogP contribution in [0.15, 0.2) is 47.1 Å². The lowest BCUT2D eigenvalue weighted by molar-refractivity contribution is -0.116. The number of ether oxygens (including phenoxy) is 2. The number of nitrogens with one attached hydrogen (secondary N) is 1. The van der Waals surface area contributed by atoms with Crippen molar-refractivity contribution in [2.45, 2.75) is 6.54 Å². The Bertz CT molecular complexity index is 595. The summed E-state index contributed by atoms with van der Waals surface area (Å²) in [6.45, 7) is 0.359. The highest BCUT2D eigenvalue weighted by molar-refractivity contribution is 5.91. The summed E-state index contributed by atoms with van der Waals surface area (Å²) in [5.74, 6) is 1.85. The van der Waals surface area contributed by atoms with Crippen molar-refractivity contribution >= 4 is 12.0 Å². The molecule has 0 unspecified atom stereocenters. The zero-order valence-corrected chi connectivity index (χ0v) is 12.0. The summed E-state index contributed by atoms with van der Waals surface area (Å²) in [7, 11) is 3.16. The van der Waals surface area contributed by atoms with E-state index in [1.807, 2.05) is 12.1 Å². The maximum Gasteiger partial charge on any atom is 0.244 e. The zero-order valence-electron chi connectivity index (χ0n) is 12.0. The van der Waals surface area contributed by atoms with E-state index < -0.39 is 0 Å². The lowest BCUT2D eigenvalue weighted by atomic mass is 10.2. The second-order valence-electron chi connectivity index (χ2n) is 4.28. The minimum absolute atomic E-state index is 0.201. The first-order valence-corrected chi connectivity index (χ1v) is 6.42. The monoisotopic (exact) mass is 287 g/mol. The summed E-state index contributed by atoms with van der Waals surface area (Å²) in [5.41, 5.74) is 0.819. The Hall–Kier alpha value is -2.69. The molecule has 1 aromatic carbocycles. The van der Waals surface area contributed by atoms with Gasteiger partial charge in [0, 0.05) is 12.1 Å². The van der Waals surface area contributed by atoms with Gasteiger partial charge in [-0.05, 0) is 35.9 Å². The Kier molecular flexibility index (Phi) is 5.04. The zero-order chi connectivity index (χ0) is 15.1. The van der Waals surface area contributed by atoms with E-state index in [2.05, 4.69) is 5.32 Å². The smallest absolute Gasteiger partial charge is 0.244 e. The molecule has 2 aromatic rings. The average Bonchev–Trinajstić information content (AvgIpc) is 3.03. The molecular weight excluding hydrogens is 270 g/mol. The van der Waals surface area contributed by atoms with E-state index in [1.165, 1.54) is 6.08 Å². The van der Waals surface area contributed by atoms with E-state index in [0.717, 1.165) is 5.56 Å². The van der Waals surface area contributed by atoms with Gasteiger partial charge in [-0.1, -0.05) is 0 Å². The molecule has 1 N–H and O–H groups in total. The molecule has 0 aliphatic rings. The van der Waals surface area contributed by atoms with Gasteiger partial charge in [0.2, 0.25) is 5.91 Å². The van der Waals surface area contributed by atoms with Crippen LogP contribution in [-0.2, 0) is 11.3 Å². The van der Waals surface area contributed by atoms with Crippen molar-refractivity contribution in [3.63, 3.8) is 0 Å². The molecular formula is C16H17NO4. The number of rotatable bonds is 6.